The van der Waals surface area contributed by atoms with Gasteiger partial charge in [-0.25, -0.2) is 14.5 Å². The predicted octanol–water partition coefficient (Wildman–Crippen LogP) is 0.493. The number of hydrogen-bond donors (Lipinski definition) is 1. The molecule has 1 aliphatic rings. The van der Waals surface area contributed by atoms with Crippen LogP contribution in [0, 0.1) is 0 Å². The highest BCUT2D eigenvalue weighted by Crippen LogP contribution is 2.35. The minimum Gasteiger partial charge on any atom is -0.461 e. The van der Waals surface area contributed by atoms with Gasteiger partial charge in [-0.1, -0.05) is 5.21 Å². The van der Waals surface area contributed by atoms with Crippen molar-refractivity contribution in [2.75, 3.05) is 6.61 Å². The molecule has 0 radical (unpaired) electrons. The van der Waals surface area contributed by atoms with Crippen LogP contribution in [0.25, 0.3) is 0 Å². The Bertz CT molecular complexity index is 643. The topological polar surface area (TPSA) is 101 Å². The van der Waals surface area contributed by atoms with Gasteiger partial charge in [0, 0.05) is 12.6 Å². The fourth-order valence-electron chi connectivity index (χ4n) is 2.31. The van der Waals surface area contributed by atoms with E-state index >= 15 is 0 Å². The van der Waals surface area contributed by atoms with Crippen molar-refractivity contribution in [3.63, 3.8) is 0 Å². The summed E-state index contributed by atoms with van der Waals surface area (Å²) in [6.45, 7) is 2.72. The van der Waals surface area contributed by atoms with Crippen molar-refractivity contribution in [3.05, 3.63) is 29.6 Å². The normalized spacial score (nSPS) is 14.4. The molecule has 8 nitrogen and oxygen atoms in total. The zero-order valence-corrected chi connectivity index (χ0v) is 11.9. The number of rotatable bonds is 6. The molecule has 0 amide bonds. The second-order valence-electron chi connectivity index (χ2n) is 4.99. The number of carbonyl (C=O) groups excluding carboxylic acids is 1. The Kier molecular flexibility index (Phi) is 3.70. The monoisotopic (exact) mass is 290 g/mol. The van der Waals surface area contributed by atoms with E-state index in [2.05, 4.69) is 19.9 Å². The third kappa shape index (κ3) is 2.66. The first-order valence-electron chi connectivity index (χ1n) is 7.04. The zero-order valence-electron chi connectivity index (χ0n) is 11.9. The van der Waals surface area contributed by atoms with Crippen LogP contribution in [0.3, 0.4) is 0 Å². The molecule has 3 rings (SSSR count). The van der Waals surface area contributed by atoms with Gasteiger partial charge in [-0.2, -0.15) is 0 Å². The Morgan fingerprint density at radius 2 is 2.33 bits per heavy atom. The molecule has 0 aliphatic heterocycles. The lowest BCUT2D eigenvalue weighted by molar-refractivity contribution is 0.0518. The molecule has 1 fully saturated rings. The summed E-state index contributed by atoms with van der Waals surface area (Å²) in [5, 5.41) is 7.94. The van der Waals surface area contributed by atoms with Crippen molar-refractivity contribution in [3.8, 4) is 0 Å². The van der Waals surface area contributed by atoms with Gasteiger partial charge >= 0.3 is 5.97 Å². The van der Waals surface area contributed by atoms with Gasteiger partial charge in [0.2, 0.25) is 0 Å². The van der Waals surface area contributed by atoms with Crippen LogP contribution in [0.15, 0.2) is 12.5 Å². The van der Waals surface area contributed by atoms with E-state index in [9.17, 15) is 4.79 Å². The van der Waals surface area contributed by atoms with Gasteiger partial charge in [-0.15, -0.1) is 5.10 Å². The molecule has 0 aromatic carbocycles. The van der Waals surface area contributed by atoms with Crippen molar-refractivity contribution in [2.45, 2.75) is 38.9 Å². The highest BCUT2D eigenvalue weighted by molar-refractivity contribution is 5.88. The SMILES string of the molecule is CCOC(=O)c1nnn(Cc2cncn2C2CC2)c1CN. The predicted molar refractivity (Wildman–Crippen MR) is 73.5 cm³/mol. The van der Waals surface area contributed by atoms with E-state index in [0.717, 1.165) is 5.69 Å². The number of carbonyl (C=O) groups is 1. The van der Waals surface area contributed by atoms with Crippen molar-refractivity contribution >= 4 is 5.97 Å². The average Bonchev–Trinajstić information content (AvgIpc) is 3.08. The smallest absolute Gasteiger partial charge is 0.360 e. The lowest BCUT2D eigenvalue weighted by atomic mass is 10.3. The Morgan fingerprint density at radius 3 is 3.00 bits per heavy atom. The first-order valence-corrected chi connectivity index (χ1v) is 7.04. The van der Waals surface area contributed by atoms with E-state index < -0.39 is 5.97 Å². The van der Waals surface area contributed by atoms with Crippen LogP contribution in [-0.4, -0.2) is 37.1 Å². The maximum absolute atomic E-state index is 11.8. The van der Waals surface area contributed by atoms with Crippen LogP contribution in [0.2, 0.25) is 0 Å². The first-order chi connectivity index (χ1) is 10.2. The zero-order chi connectivity index (χ0) is 14.8. The molecule has 112 valence electrons. The number of nitrogens with zero attached hydrogens (tertiary/aromatic N) is 5. The lowest BCUT2D eigenvalue weighted by Gasteiger charge is -2.08. The van der Waals surface area contributed by atoms with E-state index in [0.29, 0.717) is 24.9 Å². The van der Waals surface area contributed by atoms with Crippen molar-refractivity contribution in [1.82, 2.24) is 24.5 Å². The van der Waals surface area contributed by atoms with Crippen LogP contribution < -0.4 is 5.73 Å². The van der Waals surface area contributed by atoms with E-state index in [4.69, 9.17) is 10.5 Å². The summed E-state index contributed by atoms with van der Waals surface area (Å²) in [6.07, 6.45) is 6.00. The minimum atomic E-state index is -0.486. The number of aromatic nitrogens is 5. The van der Waals surface area contributed by atoms with Crippen molar-refractivity contribution < 1.29 is 9.53 Å². The minimum absolute atomic E-state index is 0.179. The van der Waals surface area contributed by atoms with E-state index in [1.807, 2.05) is 12.5 Å². The van der Waals surface area contributed by atoms with Gasteiger partial charge in [0.05, 0.1) is 37.1 Å². The van der Waals surface area contributed by atoms with Gasteiger partial charge in [0.15, 0.2) is 5.69 Å². The summed E-state index contributed by atoms with van der Waals surface area (Å²) >= 11 is 0. The lowest BCUT2D eigenvalue weighted by Crippen LogP contribution is -2.16. The highest BCUT2D eigenvalue weighted by Gasteiger charge is 2.26. The van der Waals surface area contributed by atoms with Crippen LogP contribution in [-0.2, 0) is 17.8 Å². The molecule has 0 bridgehead atoms. The Labute approximate surface area is 121 Å². The molecule has 2 N–H and O–H groups in total. The molecule has 0 saturated heterocycles. The number of hydrogen-bond acceptors (Lipinski definition) is 6. The maximum atomic E-state index is 11.8. The summed E-state index contributed by atoms with van der Waals surface area (Å²) in [5.41, 5.74) is 7.54. The summed E-state index contributed by atoms with van der Waals surface area (Å²) in [5.74, 6) is -0.486. The molecule has 2 aromatic heterocycles. The molecule has 0 unspecified atom stereocenters. The fraction of sp³-hybridized carbons (Fsp3) is 0.538. The summed E-state index contributed by atoms with van der Waals surface area (Å²) < 4.78 is 8.75. The third-order valence-electron chi connectivity index (χ3n) is 3.50. The van der Waals surface area contributed by atoms with Crippen LogP contribution >= 0.6 is 0 Å². The van der Waals surface area contributed by atoms with Gasteiger partial charge < -0.3 is 15.0 Å². The summed E-state index contributed by atoms with van der Waals surface area (Å²) in [6, 6.07) is 0.539. The number of ether oxygens (including phenoxy) is 1. The number of imidazole rings is 1. The van der Waals surface area contributed by atoms with Crippen LogP contribution in [0.4, 0.5) is 0 Å². The summed E-state index contributed by atoms with van der Waals surface area (Å²) in [7, 11) is 0. The third-order valence-corrected chi connectivity index (χ3v) is 3.50. The standard InChI is InChI=1S/C13H18N6O2/c1-2-21-13(20)12-11(5-14)19(17-16-12)7-10-6-15-8-18(10)9-3-4-9/h6,8-9H,2-5,7,14H2,1H3. The molecule has 1 saturated carbocycles. The van der Waals surface area contributed by atoms with Gasteiger partial charge in [-0.3, -0.25) is 0 Å². The quantitative estimate of drug-likeness (QED) is 0.777. The molecule has 2 heterocycles. The number of nitrogens with two attached hydrogens (primary N) is 1. The van der Waals surface area contributed by atoms with Crippen LogP contribution in [0.1, 0.15) is 47.7 Å². The highest BCUT2D eigenvalue weighted by atomic mass is 16.5. The van der Waals surface area contributed by atoms with E-state index in [1.54, 1.807) is 11.6 Å². The molecular formula is C13H18N6O2. The Hall–Kier alpha value is -2.22. The molecule has 0 atom stereocenters. The molecule has 8 heteroatoms. The van der Waals surface area contributed by atoms with Gasteiger partial charge in [-0.05, 0) is 19.8 Å². The second-order valence-corrected chi connectivity index (χ2v) is 4.99. The van der Waals surface area contributed by atoms with E-state index in [1.165, 1.54) is 12.8 Å². The van der Waals surface area contributed by atoms with Gasteiger partial charge in [0.1, 0.15) is 0 Å². The van der Waals surface area contributed by atoms with E-state index in [-0.39, 0.29) is 12.2 Å². The molecule has 2 aromatic rings. The molecule has 21 heavy (non-hydrogen) atoms. The number of esters is 1. The van der Waals surface area contributed by atoms with Crippen molar-refractivity contribution in [1.29, 1.82) is 0 Å². The molecule has 0 spiro atoms. The second kappa shape index (κ2) is 5.65. The molecule has 1 aliphatic carbocycles. The van der Waals surface area contributed by atoms with Gasteiger partial charge in [0.25, 0.3) is 0 Å². The Morgan fingerprint density at radius 1 is 1.52 bits per heavy atom. The Balaban J connectivity index is 1.85. The fourth-order valence-corrected chi connectivity index (χ4v) is 2.31. The average molecular weight is 290 g/mol. The first kappa shape index (κ1) is 13.7. The largest absolute Gasteiger partial charge is 0.461 e. The van der Waals surface area contributed by atoms with Crippen molar-refractivity contribution in [2.24, 2.45) is 5.73 Å². The maximum Gasteiger partial charge on any atom is 0.360 e. The molecular weight excluding hydrogens is 272 g/mol. The van der Waals surface area contributed by atoms with Crippen LogP contribution in [0.5, 0.6) is 0 Å². The summed E-state index contributed by atoms with van der Waals surface area (Å²) in [4.78, 5) is 16.0.